The first-order valence-corrected chi connectivity index (χ1v) is 9.07. The van der Waals surface area contributed by atoms with Crippen molar-refractivity contribution in [3.05, 3.63) is 35.2 Å². The van der Waals surface area contributed by atoms with Crippen LogP contribution in [0.25, 0.3) is 11.5 Å². The lowest BCUT2D eigenvalue weighted by Crippen LogP contribution is -3.06. The van der Waals surface area contributed by atoms with Crippen LogP contribution in [-0.4, -0.2) is 53.4 Å². The van der Waals surface area contributed by atoms with Gasteiger partial charge in [-0.15, -0.1) is 10.2 Å². The van der Waals surface area contributed by atoms with E-state index in [-0.39, 0.29) is 6.04 Å². The van der Waals surface area contributed by atoms with Gasteiger partial charge in [-0.3, -0.25) is 0 Å². The second kappa shape index (κ2) is 9.12. The summed E-state index contributed by atoms with van der Waals surface area (Å²) in [6.45, 7) is 6.46. The van der Waals surface area contributed by atoms with Gasteiger partial charge in [-0.05, 0) is 50.3 Å². The highest BCUT2D eigenvalue weighted by Crippen LogP contribution is 2.21. The Hall–Kier alpha value is -1.70. The van der Waals surface area contributed by atoms with E-state index in [9.17, 15) is 0 Å². The molecule has 1 heterocycles. The normalized spacial score (nSPS) is 11.2. The molecule has 136 valence electrons. The Morgan fingerprint density at radius 3 is 2.56 bits per heavy atom. The van der Waals surface area contributed by atoms with Crippen molar-refractivity contribution in [2.45, 2.75) is 26.4 Å². The number of halogens is 1. The van der Waals surface area contributed by atoms with Gasteiger partial charge in [0, 0.05) is 16.6 Å². The predicted molar refractivity (Wildman–Crippen MR) is 104 cm³/mol. The van der Waals surface area contributed by atoms with Crippen LogP contribution in [0.3, 0.4) is 0 Å². The van der Waals surface area contributed by atoms with E-state index in [2.05, 4.69) is 43.5 Å². The number of nitrogens with zero attached hydrogens (tertiary/aromatic N) is 3. The zero-order chi connectivity index (χ0) is 18.4. The lowest BCUT2D eigenvalue weighted by atomic mass is 10.2. The average molecular weight is 383 g/mol. The third-order valence-electron chi connectivity index (χ3n) is 3.65. The second-order valence-corrected chi connectivity index (χ2v) is 7.24. The van der Waals surface area contributed by atoms with Crippen LogP contribution < -0.4 is 10.2 Å². The summed E-state index contributed by atoms with van der Waals surface area (Å²) in [5.41, 5.74) is 0.842. The minimum atomic E-state index is 0.220. The predicted octanol–water partition coefficient (Wildman–Crippen LogP) is 1.62. The molecule has 2 N–H and O–H groups in total. The van der Waals surface area contributed by atoms with Crippen LogP contribution in [0.5, 0.6) is 0 Å². The molecule has 0 aliphatic heterocycles. The zero-order valence-corrected chi connectivity index (χ0v) is 16.6. The highest BCUT2D eigenvalue weighted by atomic mass is 35.5. The summed E-state index contributed by atoms with van der Waals surface area (Å²) in [5, 5.41) is 12.9. The monoisotopic (exact) mass is 382 g/mol. The Morgan fingerprint density at radius 1 is 1.28 bits per heavy atom. The molecular formula is C17H25ClN5OS+. The second-order valence-electron chi connectivity index (χ2n) is 6.42. The number of likely N-dealkylation sites (N-methyl/N-ethyl adjacent to an activating group) is 1. The number of benzene rings is 1. The van der Waals surface area contributed by atoms with Crippen molar-refractivity contribution in [2.75, 3.05) is 27.2 Å². The Labute approximate surface area is 159 Å². The van der Waals surface area contributed by atoms with Crippen LogP contribution in [0.2, 0.25) is 5.02 Å². The highest BCUT2D eigenvalue weighted by Gasteiger charge is 2.18. The third-order valence-corrected chi connectivity index (χ3v) is 4.28. The first kappa shape index (κ1) is 19.6. The molecule has 0 spiro atoms. The number of quaternary nitrogens is 1. The Morgan fingerprint density at radius 2 is 1.96 bits per heavy atom. The number of rotatable bonds is 7. The van der Waals surface area contributed by atoms with Gasteiger partial charge in [0.05, 0.1) is 33.7 Å². The molecule has 1 aromatic carbocycles. The lowest BCUT2D eigenvalue weighted by Gasteiger charge is -2.28. The van der Waals surface area contributed by atoms with Gasteiger partial charge in [0.1, 0.15) is 0 Å². The summed E-state index contributed by atoms with van der Waals surface area (Å²) in [7, 11) is 4.23. The molecule has 2 aromatic rings. The summed E-state index contributed by atoms with van der Waals surface area (Å²) < 4.78 is 5.78. The van der Waals surface area contributed by atoms with E-state index >= 15 is 0 Å². The summed E-state index contributed by atoms with van der Waals surface area (Å²) in [6, 6.07) is 7.53. The molecule has 1 aromatic heterocycles. The highest BCUT2D eigenvalue weighted by molar-refractivity contribution is 7.80. The van der Waals surface area contributed by atoms with Crippen LogP contribution in [0.15, 0.2) is 28.7 Å². The van der Waals surface area contributed by atoms with Crippen LogP contribution >= 0.6 is 23.8 Å². The molecule has 0 aliphatic carbocycles. The van der Waals surface area contributed by atoms with E-state index in [0.29, 0.717) is 28.5 Å². The fraction of sp³-hybridized carbons (Fsp3) is 0.471. The van der Waals surface area contributed by atoms with Crippen molar-refractivity contribution in [2.24, 2.45) is 0 Å². The molecule has 0 fully saturated rings. The number of nitrogens with one attached hydrogen (secondary N) is 2. The molecule has 0 bridgehead atoms. The van der Waals surface area contributed by atoms with Crippen molar-refractivity contribution < 1.29 is 9.32 Å². The molecule has 0 unspecified atom stereocenters. The van der Waals surface area contributed by atoms with Crippen LogP contribution in [0, 0.1) is 0 Å². The van der Waals surface area contributed by atoms with Crippen molar-refractivity contribution in [3.63, 3.8) is 0 Å². The number of aromatic nitrogens is 2. The first-order valence-electron chi connectivity index (χ1n) is 8.28. The third kappa shape index (κ3) is 5.95. The van der Waals surface area contributed by atoms with Gasteiger partial charge in [0.15, 0.2) is 5.11 Å². The maximum atomic E-state index is 5.91. The molecule has 6 nitrogen and oxygen atoms in total. The van der Waals surface area contributed by atoms with E-state index in [4.69, 9.17) is 28.2 Å². The maximum absolute atomic E-state index is 5.91. The zero-order valence-electron chi connectivity index (χ0n) is 15.0. The summed E-state index contributed by atoms with van der Waals surface area (Å²) in [4.78, 5) is 3.41. The van der Waals surface area contributed by atoms with Gasteiger partial charge >= 0.3 is 0 Å². The SMILES string of the molecule is CC(C)N(Cc1nnc(-c2ccc(Cl)cc2)o1)C(=S)NCC[NH+](C)C. The van der Waals surface area contributed by atoms with Crippen molar-refractivity contribution in [1.29, 1.82) is 0 Å². The van der Waals surface area contributed by atoms with Gasteiger partial charge in [-0.1, -0.05) is 11.6 Å². The summed E-state index contributed by atoms with van der Waals surface area (Å²) in [6.07, 6.45) is 0. The van der Waals surface area contributed by atoms with Crippen LogP contribution in [0.1, 0.15) is 19.7 Å². The Kier molecular flexibility index (Phi) is 7.16. The first-order chi connectivity index (χ1) is 11.9. The standard InChI is InChI=1S/C17H24ClN5OS/c1-12(2)23(17(25)19-9-10-22(3)4)11-15-20-21-16(24-15)13-5-7-14(18)8-6-13/h5-8,12H,9-11H2,1-4H3,(H,19,25)/p+1. The molecular weight excluding hydrogens is 358 g/mol. The van der Waals surface area contributed by atoms with E-state index in [1.165, 1.54) is 4.90 Å². The molecule has 0 amide bonds. The van der Waals surface area contributed by atoms with Crippen LogP contribution in [-0.2, 0) is 6.54 Å². The smallest absolute Gasteiger partial charge is 0.247 e. The van der Waals surface area contributed by atoms with E-state index in [0.717, 1.165) is 18.7 Å². The van der Waals surface area contributed by atoms with E-state index < -0.39 is 0 Å². The van der Waals surface area contributed by atoms with Gasteiger partial charge in [-0.25, -0.2) is 0 Å². The molecule has 0 atom stereocenters. The van der Waals surface area contributed by atoms with E-state index in [1.54, 1.807) is 12.1 Å². The Bertz CT molecular complexity index is 687. The van der Waals surface area contributed by atoms with Gasteiger partial charge in [0.25, 0.3) is 0 Å². The fourth-order valence-corrected chi connectivity index (χ4v) is 2.69. The van der Waals surface area contributed by atoms with Gasteiger partial charge in [-0.2, -0.15) is 0 Å². The summed E-state index contributed by atoms with van der Waals surface area (Å²) >= 11 is 11.4. The molecule has 0 radical (unpaired) electrons. The number of hydrogen-bond acceptors (Lipinski definition) is 4. The molecule has 25 heavy (non-hydrogen) atoms. The number of thiocarbonyl (C=S) groups is 1. The fourth-order valence-electron chi connectivity index (χ4n) is 2.18. The molecule has 2 rings (SSSR count). The molecule has 0 saturated heterocycles. The van der Waals surface area contributed by atoms with Crippen molar-refractivity contribution in [3.8, 4) is 11.5 Å². The minimum Gasteiger partial charge on any atom is -0.419 e. The summed E-state index contributed by atoms with van der Waals surface area (Å²) in [5.74, 6) is 1.01. The lowest BCUT2D eigenvalue weighted by molar-refractivity contribution is -0.856. The largest absolute Gasteiger partial charge is 0.419 e. The van der Waals surface area contributed by atoms with Gasteiger partial charge in [0.2, 0.25) is 11.8 Å². The molecule has 0 aliphatic rings. The van der Waals surface area contributed by atoms with Crippen LogP contribution in [0.4, 0.5) is 0 Å². The molecule has 0 saturated carbocycles. The Balaban J connectivity index is 2.02. The topological polar surface area (TPSA) is 58.6 Å². The average Bonchev–Trinajstić information content (AvgIpc) is 3.01. The number of hydrogen-bond donors (Lipinski definition) is 2. The van der Waals surface area contributed by atoms with Gasteiger partial charge < -0.3 is 19.5 Å². The molecule has 8 heteroatoms. The van der Waals surface area contributed by atoms with Crippen molar-refractivity contribution in [1.82, 2.24) is 20.4 Å². The maximum Gasteiger partial charge on any atom is 0.247 e. The van der Waals surface area contributed by atoms with E-state index in [1.807, 2.05) is 17.0 Å². The quantitative estimate of drug-likeness (QED) is 0.710. The van der Waals surface area contributed by atoms with Crippen molar-refractivity contribution >= 4 is 28.9 Å². The minimum absolute atomic E-state index is 0.220.